The Morgan fingerprint density at radius 3 is 2.76 bits per heavy atom. The van der Waals surface area contributed by atoms with Crippen molar-refractivity contribution in [1.29, 1.82) is 0 Å². The van der Waals surface area contributed by atoms with Gasteiger partial charge in [0, 0.05) is 18.4 Å². The molecule has 2 aromatic heterocycles. The monoisotopic (exact) mass is 446 g/mol. The van der Waals surface area contributed by atoms with E-state index in [0.29, 0.717) is 30.0 Å². The van der Waals surface area contributed by atoms with E-state index in [1.807, 2.05) is 12.1 Å². The molecule has 7 nitrogen and oxygen atoms in total. The van der Waals surface area contributed by atoms with E-state index >= 15 is 0 Å². The van der Waals surface area contributed by atoms with E-state index in [4.69, 9.17) is 4.42 Å². The normalized spacial score (nSPS) is 16.3. The fourth-order valence-electron chi connectivity index (χ4n) is 4.31. The van der Waals surface area contributed by atoms with Crippen LogP contribution in [0.1, 0.15) is 42.5 Å². The van der Waals surface area contributed by atoms with Gasteiger partial charge in [-0.3, -0.25) is 9.59 Å². The number of halogens is 1. The first kappa shape index (κ1) is 21.1. The van der Waals surface area contributed by atoms with Crippen LogP contribution in [0.2, 0.25) is 0 Å². The predicted octanol–water partition coefficient (Wildman–Crippen LogP) is 3.87. The Labute approximate surface area is 189 Å². The van der Waals surface area contributed by atoms with Crippen LogP contribution in [-0.4, -0.2) is 32.1 Å². The Morgan fingerprint density at radius 1 is 1.09 bits per heavy atom. The minimum absolute atomic E-state index is 0.136. The number of nitrogens with zero attached hydrogens (tertiary/aromatic N) is 4. The molecule has 5 rings (SSSR count). The SMILES string of the molecule is O=C(Cn1ncc2ccccc2c1=O)N1CCCC[C@@H]1c1ncc(Cc2ccc(F)cc2)o1. The fraction of sp³-hybridized carbons (Fsp3) is 0.280. The van der Waals surface area contributed by atoms with Gasteiger partial charge >= 0.3 is 0 Å². The number of benzene rings is 2. The molecule has 0 spiro atoms. The van der Waals surface area contributed by atoms with Crippen molar-refractivity contribution in [3.8, 4) is 0 Å². The molecule has 1 aliphatic rings. The lowest BCUT2D eigenvalue weighted by atomic mass is 10.0. The van der Waals surface area contributed by atoms with Gasteiger partial charge in [-0.1, -0.05) is 30.3 Å². The highest BCUT2D eigenvalue weighted by molar-refractivity contribution is 5.81. The van der Waals surface area contributed by atoms with Gasteiger partial charge in [-0.2, -0.15) is 5.10 Å². The molecule has 8 heteroatoms. The molecule has 0 N–H and O–H groups in total. The Bertz CT molecular complexity index is 1350. The minimum Gasteiger partial charge on any atom is -0.443 e. The van der Waals surface area contributed by atoms with E-state index in [2.05, 4.69) is 10.1 Å². The highest BCUT2D eigenvalue weighted by Crippen LogP contribution is 2.31. The van der Waals surface area contributed by atoms with Crippen molar-refractivity contribution in [3.63, 3.8) is 0 Å². The van der Waals surface area contributed by atoms with Gasteiger partial charge in [-0.05, 0) is 43.0 Å². The Morgan fingerprint density at radius 2 is 1.91 bits per heavy atom. The summed E-state index contributed by atoms with van der Waals surface area (Å²) in [4.78, 5) is 32.1. The molecule has 1 saturated heterocycles. The summed E-state index contributed by atoms with van der Waals surface area (Å²) in [7, 11) is 0. The van der Waals surface area contributed by atoms with E-state index < -0.39 is 0 Å². The number of rotatable bonds is 5. The molecule has 168 valence electrons. The molecule has 1 amide bonds. The first-order valence-corrected chi connectivity index (χ1v) is 11.0. The zero-order chi connectivity index (χ0) is 22.8. The Hall–Kier alpha value is -3.81. The van der Waals surface area contributed by atoms with Crippen molar-refractivity contribution in [2.75, 3.05) is 6.54 Å². The average Bonchev–Trinajstić information content (AvgIpc) is 3.31. The zero-order valence-corrected chi connectivity index (χ0v) is 18.0. The van der Waals surface area contributed by atoms with E-state index in [1.165, 1.54) is 16.8 Å². The first-order chi connectivity index (χ1) is 16.1. The maximum absolute atomic E-state index is 13.2. The van der Waals surface area contributed by atoms with Crippen LogP contribution in [0, 0.1) is 5.82 Å². The summed E-state index contributed by atoms with van der Waals surface area (Å²) in [6, 6.07) is 13.2. The number of amides is 1. The number of carbonyl (C=O) groups excluding carboxylic acids is 1. The number of hydrogen-bond acceptors (Lipinski definition) is 5. The van der Waals surface area contributed by atoms with Crippen LogP contribution < -0.4 is 5.56 Å². The lowest BCUT2D eigenvalue weighted by Crippen LogP contribution is -2.42. The molecule has 3 heterocycles. The smallest absolute Gasteiger partial charge is 0.275 e. The largest absolute Gasteiger partial charge is 0.443 e. The van der Waals surface area contributed by atoms with Crippen molar-refractivity contribution in [2.45, 2.75) is 38.3 Å². The second kappa shape index (κ2) is 8.97. The number of carbonyl (C=O) groups is 1. The third-order valence-electron chi connectivity index (χ3n) is 6.02. The molecular weight excluding hydrogens is 423 g/mol. The molecule has 2 aromatic carbocycles. The molecule has 0 saturated carbocycles. The number of hydrogen-bond donors (Lipinski definition) is 0. The summed E-state index contributed by atoms with van der Waals surface area (Å²) in [5, 5.41) is 5.47. The summed E-state index contributed by atoms with van der Waals surface area (Å²) < 4.78 is 20.4. The first-order valence-electron chi connectivity index (χ1n) is 11.0. The highest BCUT2D eigenvalue weighted by atomic mass is 19.1. The van der Waals surface area contributed by atoms with Gasteiger partial charge in [-0.25, -0.2) is 14.1 Å². The van der Waals surface area contributed by atoms with Gasteiger partial charge in [0.25, 0.3) is 5.56 Å². The zero-order valence-electron chi connectivity index (χ0n) is 18.0. The third kappa shape index (κ3) is 4.41. The van der Waals surface area contributed by atoms with Crippen LogP contribution >= 0.6 is 0 Å². The Kier molecular flexibility index (Phi) is 5.73. The van der Waals surface area contributed by atoms with E-state index in [9.17, 15) is 14.0 Å². The number of fused-ring (bicyclic) bond motifs is 1. The second-order valence-electron chi connectivity index (χ2n) is 8.26. The van der Waals surface area contributed by atoms with Crippen LogP contribution in [0.5, 0.6) is 0 Å². The molecule has 0 bridgehead atoms. The summed E-state index contributed by atoms with van der Waals surface area (Å²) in [5.74, 6) is 0.664. The van der Waals surface area contributed by atoms with Gasteiger partial charge in [0.15, 0.2) is 0 Å². The van der Waals surface area contributed by atoms with Crippen LogP contribution in [0.25, 0.3) is 10.8 Å². The fourth-order valence-corrected chi connectivity index (χ4v) is 4.31. The average molecular weight is 446 g/mol. The summed E-state index contributed by atoms with van der Waals surface area (Å²) in [6.45, 7) is 0.435. The molecule has 33 heavy (non-hydrogen) atoms. The van der Waals surface area contributed by atoms with Gasteiger partial charge in [0.1, 0.15) is 24.2 Å². The topological polar surface area (TPSA) is 81.2 Å². The van der Waals surface area contributed by atoms with Gasteiger partial charge in [-0.15, -0.1) is 0 Å². The molecule has 0 aliphatic carbocycles. The van der Waals surface area contributed by atoms with Gasteiger partial charge in [0.2, 0.25) is 11.8 Å². The lowest BCUT2D eigenvalue weighted by molar-refractivity contribution is -0.136. The summed E-state index contributed by atoms with van der Waals surface area (Å²) in [6.07, 6.45) is 6.33. The minimum atomic E-state index is -0.288. The second-order valence-corrected chi connectivity index (χ2v) is 8.26. The summed E-state index contributed by atoms with van der Waals surface area (Å²) >= 11 is 0. The van der Waals surface area contributed by atoms with E-state index in [-0.39, 0.29) is 29.9 Å². The van der Waals surface area contributed by atoms with Crippen molar-refractivity contribution in [2.24, 2.45) is 0 Å². The van der Waals surface area contributed by atoms with Crippen LogP contribution in [0.15, 0.2) is 70.1 Å². The lowest BCUT2D eigenvalue weighted by Gasteiger charge is -2.33. The molecule has 4 aromatic rings. The predicted molar refractivity (Wildman–Crippen MR) is 120 cm³/mol. The van der Waals surface area contributed by atoms with Crippen molar-refractivity contribution < 1.29 is 13.6 Å². The third-order valence-corrected chi connectivity index (χ3v) is 6.02. The number of aromatic nitrogens is 3. The number of piperidine rings is 1. The standard InChI is InChI=1S/C25H23FN4O3/c26-19-10-8-17(9-11-19)13-20-15-27-24(33-20)22-7-3-4-12-29(22)23(31)16-30-25(32)21-6-2-1-5-18(21)14-28-30/h1-2,5-6,8-11,14-15,22H,3-4,7,12-13,16H2/t22-/m1/s1. The quantitative estimate of drug-likeness (QED) is 0.465. The van der Waals surface area contributed by atoms with Crippen molar-refractivity contribution >= 4 is 16.7 Å². The number of oxazole rings is 1. The molecule has 0 radical (unpaired) electrons. The Balaban J connectivity index is 1.34. The maximum Gasteiger partial charge on any atom is 0.275 e. The molecule has 1 aliphatic heterocycles. The maximum atomic E-state index is 13.2. The molecule has 1 fully saturated rings. The van der Waals surface area contributed by atoms with Crippen LogP contribution in [0.3, 0.4) is 0 Å². The van der Waals surface area contributed by atoms with Crippen molar-refractivity contribution in [3.05, 3.63) is 94.3 Å². The van der Waals surface area contributed by atoms with E-state index in [0.717, 1.165) is 30.2 Å². The molecule has 0 unspecified atom stereocenters. The number of likely N-dealkylation sites (tertiary alicyclic amines) is 1. The molecular formula is C25H23FN4O3. The van der Waals surface area contributed by atoms with Gasteiger partial charge < -0.3 is 9.32 Å². The van der Waals surface area contributed by atoms with E-state index in [1.54, 1.807) is 41.6 Å². The van der Waals surface area contributed by atoms with Crippen LogP contribution in [-0.2, 0) is 17.8 Å². The molecule has 1 atom stereocenters. The van der Waals surface area contributed by atoms with Gasteiger partial charge in [0.05, 0.1) is 17.8 Å². The summed E-state index contributed by atoms with van der Waals surface area (Å²) in [5.41, 5.74) is 0.630. The highest BCUT2D eigenvalue weighted by Gasteiger charge is 2.31. The van der Waals surface area contributed by atoms with Crippen LogP contribution in [0.4, 0.5) is 4.39 Å². The van der Waals surface area contributed by atoms with Crippen molar-refractivity contribution in [1.82, 2.24) is 19.7 Å².